The van der Waals surface area contributed by atoms with Crippen LogP contribution in [0.15, 0.2) is 60.9 Å². The lowest BCUT2D eigenvalue weighted by Crippen LogP contribution is -2.01. The van der Waals surface area contributed by atoms with E-state index in [9.17, 15) is 0 Å². The van der Waals surface area contributed by atoms with Gasteiger partial charge in [-0.3, -0.25) is 0 Å². The summed E-state index contributed by atoms with van der Waals surface area (Å²) in [6.45, 7) is 0.227. The Kier molecular flexibility index (Phi) is 3.35. The van der Waals surface area contributed by atoms with Crippen LogP contribution in [0, 0.1) is 0 Å². The first kappa shape index (κ1) is 14.6. The fourth-order valence-corrected chi connectivity index (χ4v) is 2.97. The van der Waals surface area contributed by atoms with Crippen LogP contribution in [0.2, 0.25) is 0 Å². The van der Waals surface area contributed by atoms with Crippen LogP contribution >= 0.6 is 0 Å². The second-order valence-corrected chi connectivity index (χ2v) is 5.80. The van der Waals surface area contributed by atoms with Crippen LogP contribution in [0.4, 0.5) is 23.1 Å². The molecule has 0 atom stereocenters. The Morgan fingerprint density at radius 2 is 1.85 bits per heavy atom. The third kappa shape index (κ3) is 2.55. The van der Waals surface area contributed by atoms with Gasteiger partial charge in [0.1, 0.15) is 5.82 Å². The maximum absolute atomic E-state index is 5.52. The number of benzene rings is 2. The third-order valence-corrected chi connectivity index (χ3v) is 4.16. The van der Waals surface area contributed by atoms with E-state index >= 15 is 0 Å². The first-order valence-corrected chi connectivity index (χ1v) is 8.19. The summed E-state index contributed by atoms with van der Waals surface area (Å²) in [5.74, 6) is 2.58. The van der Waals surface area contributed by atoms with E-state index in [-0.39, 0.29) is 6.79 Å². The van der Waals surface area contributed by atoms with Gasteiger partial charge in [0.15, 0.2) is 11.5 Å². The zero-order valence-corrected chi connectivity index (χ0v) is 13.7. The SMILES string of the molecule is c1cc(Nc2ccnc(Nc3cccc4[nH]ccc34)n2)c2c(c1)OCO2. The lowest BCUT2D eigenvalue weighted by Gasteiger charge is -2.10. The molecule has 0 spiro atoms. The van der Waals surface area contributed by atoms with Crippen molar-refractivity contribution in [2.45, 2.75) is 0 Å². The van der Waals surface area contributed by atoms with E-state index in [1.165, 1.54) is 0 Å². The second-order valence-electron chi connectivity index (χ2n) is 5.80. The molecule has 0 amide bonds. The highest BCUT2D eigenvalue weighted by Gasteiger charge is 2.17. The number of hydrogen-bond donors (Lipinski definition) is 3. The van der Waals surface area contributed by atoms with Gasteiger partial charge in [0.05, 0.1) is 11.4 Å². The van der Waals surface area contributed by atoms with Crippen molar-refractivity contribution in [3.63, 3.8) is 0 Å². The molecule has 0 saturated heterocycles. The van der Waals surface area contributed by atoms with Crippen LogP contribution < -0.4 is 20.1 Å². The van der Waals surface area contributed by atoms with Crippen molar-refractivity contribution in [2.75, 3.05) is 17.4 Å². The lowest BCUT2D eigenvalue weighted by molar-refractivity contribution is 0.174. The monoisotopic (exact) mass is 345 g/mol. The number of para-hydroxylation sites is 1. The molecule has 1 aliphatic rings. The van der Waals surface area contributed by atoms with Crippen molar-refractivity contribution in [3.8, 4) is 11.5 Å². The van der Waals surface area contributed by atoms with Crippen molar-refractivity contribution in [1.29, 1.82) is 0 Å². The number of nitrogens with one attached hydrogen (secondary N) is 3. The quantitative estimate of drug-likeness (QED) is 0.515. The number of hydrogen-bond acceptors (Lipinski definition) is 6. The minimum absolute atomic E-state index is 0.227. The Morgan fingerprint density at radius 1 is 0.923 bits per heavy atom. The van der Waals surface area contributed by atoms with Gasteiger partial charge < -0.3 is 25.1 Å². The van der Waals surface area contributed by atoms with Gasteiger partial charge in [-0.25, -0.2) is 4.98 Å². The summed E-state index contributed by atoms with van der Waals surface area (Å²) in [6, 6.07) is 15.5. The second kappa shape index (κ2) is 5.96. The molecule has 3 N–H and O–H groups in total. The van der Waals surface area contributed by atoms with E-state index in [0.29, 0.717) is 17.5 Å². The molecule has 26 heavy (non-hydrogen) atoms. The number of H-pyrrole nitrogens is 1. The molecule has 128 valence electrons. The third-order valence-electron chi connectivity index (χ3n) is 4.16. The molecule has 0 bridgehead atoms. The predicted octanol–water partition coefficient (Wildman–Crippen LogP) is 4.17. The van der Waals surface area contributed by atoms with E-state index < -0.39 is 0 Å². The predicted molar refractivity (Wildman–Crippen MR) is 99.5 cm³/mol. The van der Waals surface area contributed by atoms with Crippen LogP contribution in [0.1, 0.15) is 0 Å². The minimum Gasteiger partial charge on any atom is -0.454 e. The molecular formula is C19H15N5O2. The zero-order valence-electron chi connectivity index (χ0n) is 13.7. The molecule has 7 nitrogen and oxygen atoms in total. The van der Waals surface area contributed by atoms with Gasteiger partial charge in [0.25, 0.3) is 0 Å². The highest BCUT2D eigenvalue weighted by atomic mass is 16.7. The van der Waals surface area contributed by atoms with Crippen LogP contribution in [0.5, 0.6) is 11.5 Å². The Labute approximate surface area is 149 Å². The molecule has 5 rings (SSSR count). The average Bonchev–Trinajstić information content (AvgIpc) is 3.32. The maximum atomic E-state index is 5.52. The Bertz CT molecular complexity index is 1090. The molecule has 0 aliphatic carbocycles. The fourth-order valence-electron chi connectivity index (χ4n) is 2.97. The normalized spacial score (nSPS) is 12.3. The maximum Gasteiger partial charge on any atom is 0.231 e. The standard InChI is InChI=1S/C19H15N5O2/c1-3-13-12(7-9-20-13)14(4-1)23-19-21-10-8-17(24-19)22-15-5-2-6-16-18(15)26-11-25-16/h1-10,20H,11H2,(H2,21,22,23,24). The van der Waals surface area contributed by atoms with Crippen LogP contribution in [-0.2, 0) is 0 Å². The van der Waals surface area contributed by atoms with Crippen LogP contribution in [-0.4, -0.2) is 21.7 Å². The van der Waals surface area contributed by atoms with Crippen LogP contribution in [0.3, 0.4) is 0 Å². The molecule has 2 aromatic heterocycles. The van der Waals surface area contributed by atoms with Gasteiger partial charge in [0, 0.05) is 23.3 Å². The zero-order chi connectivity index (χ0) is 17.3. The van der Waals surface area contributed by atoms with E-state index in [2.05, 4.69) is 25.6 Å². The number of fused-ring (bicyclic) bond motifs is 2. The summed E-state index contributed by atoms with van der Waals surface area (Å²) in [7, 11) is 0. The molecule has 7 heteroatoms. The molecule has 0 radical (unpaired) electrons. The molecule has 4 aromatic rings. The van der Waals surface area contributed by atoms with Gasteiger partial charge >= 0.3 is 0 Å². The molecule has 0 saturated carbocycles. The minimum atomic E-state index is 0.227. The van der Waals surface area contributed by atoms with E-state index in [4.69, 9.17) is 9.47 Å². The number of aromatic nitrogens is 3. The van der Waals surface area contributed by atoms with Gasteiger partial charge in [-0.2, -0.15) is 4.98 Å². The van der Waals surface area contributed by atoms with Crippen molar-refractivity contribution >= 4 is 34.0 Å². The lowest BCUT2D eigenvalue weighted by atomic mass is 10.2. The number of rotatable bonds is 4. The van der Waals surface area contributed by atoms with Gasteiger partial charge in [0.2, 0.25) is 12.7 Å². The molecule has 3 heterocycles. The Balaban J connectivity index is 1.43. The molecule has 1 aliphatic heterocycles. The molecule has 0 fully saturated rings. The van der Waals surface area contributed by atoms with Gasteiger partial charge in [-0.05, 0) is 36.4 Å². The summed E-state index contributed by atoms with van der Waals surface area (Å²) >= 11 is 0. The average molecular weight is 345 g/mol. The van der Waals surface area contributed by atoms with E-state index in [1.54, 1.807) is 12.3 Å². The van der Waals surface area contributed by atoms with Gasteiger partial charge in [-0.1, -0.05) is 12.1 Å². The van der Waals surface area contributed by atoms with E-state index in [1.807, 2.05) is 48.7 Å². The van der Waals surface area contributed by atoms with Crippen LogP contribution in [0.25, 0.3) is 10.9 Å². The molecular weight excluding hydrogens is 330 g/mol. The van der Waals surface area contributed by atoms with Crippen molar-refractivity contribution < 1.29 is 9.47 Å². The summed E-state index contributed by atoms with van der Waals surface area (Å²) in [5.41, 5.74) is 2.80. The van der Waals surface area contributed by atoms with Gasteiger partial charge in [-0.15, -0.1) is 0 Å². The van der Waals surface area contributed by atoms with E-state index in [0.717, 1.165) is 28.0 Å². The summed E-state index contributed by atoms with van der Waals surface area (Å²) in [5, 5.41) is 7.62. The Hall–Kier alpha value is -3.74. The molecule has 0 unspecified atom stereocenters. The highest BCUT2D eigenvalue weighted by molar-refractivity contribution is 5.93. The number of aromatic amines is 1. The summed E-state index contributed by atoms with van der Waals surface area (Å²) in [4.78, 5) is 12.0. The summed E-state index contributed by atoms with van der Waals surface area (Å²) < 4.78 is 10.9. The highest BCUT2D eigenvalue weighted by Crippen LogP contribution is 2.39. The molecule has 2 aromatic carbocycles. The first-order chi connectivity index (χ1) is 12.9. The fraction of sp³-hybridized carbons (Fsp3) is 0.0526. The van der Waals surface area contributed by atoms with Crippen molar-refractivity contribution in [1.82, 2.24) is 15.0 Å². The largest absolute Gasteiger partial charge is 0.454 e. The number of ether oxygens (including phenoxy) is 2. The Morgan fingerprint density at radius 3 is 2.85 bits per heavy atom. The van der Waals surface area contributed by atoms with Crippen molar-refractivity contribution in [3.05, 3.63) is 60.9 Å². The topological polar surface area (TPSA) is 84.1 Å². The first-order valence-electron chi connectivity index (χ1n) is 8.19. The number of nitrogens with zero attached hydrogens (tertiary/aromatic N) is 2. The summed E-state index contributed by atoms with van der Waals surface area (Å²) in [6.07, 6.45) is 3.61. The van der Waals surface area contributed by atoms with Crippen molar-refractivity contribution in [2.24, 2.45) is 0 Å². The smallest absolute Gasteiger partial charge is 0.231 e. The number of anilines is 4.